The van der Waals surface area contributed by atoms with Gasteiger partial charge >= 0.3 is 6.18 Å². The molecule has 0 radical (unpaired) electrons. The van der Waals surface area contributed by atoms with Crippen LogP contribution in [0.15, 0.2) is 36.8 Å². The SMILES string of the molecule is Nc1ncncc1C(=O)N1C[C@H](O)C[C@H]1c1ccccc1C(F)(F)F. The standard InChI is InChI=1S/C16H15F3N4O2/c17-16(18,19)12-4-2-1-3-10(12)13-5-9(24)7-23(13)15(25)11-6-21-8-22-14(11)20/h1-4,6,8-9,13,24H,5,7H2,(H2,20,21,22)/t9-,13+/m1/s1. The molecule has 9 heteroatoms. The second-order valence-corrected chi connectivity index (χ2v) is 5.77. The molecule has 1 saturated heterocycles. The molecule has 3 N–H and O–H groups in total. The van der Waals surface area contributed by atoms with Crippen LogP contribution in [0.5, 0.6) is 0 Å². The van der Waals surface area contributed by atoms with Crippen LogP contribution in [0.25, 0.3) is 0 Å². The molecule has 25 heavy (non-hydrogen) atoms. The maximum absolute atomic E-state index is 13.3. The molecule has 0 unspecified atom stereocenters. The Morgan fingerprint density at radius 2 is 2.04 bits per heavy atom. The van der Waals surface area contributed by atoms with E-state index in [1.807, 2.05) is 0 Å². The lowest BCUT2D eigenvalue weighted by molar-refractivity contribution is -0.138. The number of benzene rings is 1. The number of anilines is 1. The molecule has 1 aliphatic rings. The number of nitrogen functional groups attached to an aromatic ring is 1. The van der Waals surface area contributed by atoms with Gasteiger partial charge in [-0.1, -0.05) is 18.2 Å². The normalized spacial score (nSPS) is 20.7. The van der Waals surface area contributed by atoms with Crippen LogP contribution in [-0.4, -0.2) is 38.5 Å². The highest BCUT2D eigenvalue weighted by Gasteiger charge is 2.41. The number of carbonyl (C=O) groups excluding carboxylic acids is 1. The molecule has 0 spiro atoms. The second-order valence-electron chi connectivity index (χ2n) is 5.77. The number of halogens is 3. The molecule has 6 nitrogen and oxygen atoms in total. The summed E-state index contributed by atoms with van der Waals surface area (Å²) in [4.78, 5) is 21.4. The fraction of sp³-hybridized carbons (Fsp3) is 0.312. The van der Waals surface area contributed by atoms with E-state index in [-0.39, 0.29) is 29.9 Å². The molecule has 1 aromatic heterocycles. The third-order valence-corrected chi connectivity index (χ3v) is 4.14. The van der Waals surface area contributed by atoms with E-state index >= 15 is 0 Å². The van der Waals surface area contributed by atoms with Gasteiger partial charge in [0, 0.05) is 12.7 Å². The second kappa shape index (κ2) is 6.32. The van der Waals surface area contributed by atoms with Gasteiger partial charge in [-0.2, -0.15) is 13.2 Å². The van der Waals surface area contributed by atoms with Gasteiger partial charge in [-0.25, -0.2) is 9.97 Å². The fourth-order valence-electron chi connectivity index (χ4n) is 3.04. The minimum Gasteiger partial charge on any atom is -0.391 e. The first-order valence-electron chi connectivity index (χ1n) is 7.49. The number of nitrogens with zero attached hydrogens (tertiary/aromatic N) is 3. The summed E-state index contributed by atoms with van der Waals surface area (Å²) in [6.45, 7) is -0.0932. The van der Waals surface area contributed by atoms with E-state index in [0.717, 1.165) is 6.07 Å². The molecule has 0 bridgehead atoms. The summed E-state index contributed by atoms with van der Waals surface area (Å²) in [5, 5.41) is 9.95. The Bertz CT molecular complexity index is 797. The van der Waals surface area contributed by atoms with Gasteiger partial charge in [0.05, 0.1) is 17.7 Å². The smallest absolute Gasteiger partial charge is 0.391 e. The van der Waals surface area contributed by atoms with Gasteiger partial charge in [-0.3, -0.25) is 4.79 Å². The quantitative estimate of drug-likeness (QED) is 0.863. The third kappa shape index (κ3) is 3.27. The Balaban J connectivity index is 2.02. The van der Waals surface area contributed by atoms with Gasteiger partial charge in [-0.15, -0.1) is 0 Å². The Morgan fingerprint density at radius 1 is 1.32 bits per heavy atom. The maximum Gasteiger partial charge on any atom is 0.416 e. The highest BCUT2D eigenvalue weighted by molar-refractivity contribution is 5.98. The molecule has 0 saturated carbocycles. The minimum absolute atomic E-state index is 0.00638. The predicted molar refractivity (Wildman–Crippen MR) is 82.3 cm³/mol. The molecule has 1 aromatic carbocycles. The molecule has 0 aliphatic carbocycles. The van der Waals surface area contributed by atoms with Crippen LogP contribution < -0.4 is 5.73 Å². The van der Waals surface area contributed by atoms with Crippen LogP contribution in [0.4, 0.5) is 19.0 Å². The van der Waals surface area contributed by atoms with Gasteiger partial charge < -0.3 is 15.7 Å². The lowest BCUT2D eigenvalue weighted by Gasteiger charge is -2.27. The molecular formula is C16H15F3N4O2. The van der Waals surface area contributed by atoms with Crippen LogP contribution in [0.1, 0.15) is 33.9 Å². The number of rotatable bonds is 2. The van der Waals surface area contributed by atoms with Crippen molar-refractivity contribution in [3.8, 4) is 0 Å². The van der Waals surface area contributed by atoms with Crippen molar-refractivity contribution in [3.05, 3.63) is 53.5 Å². The van der Waals surface area contributed by atoms with Crippen LogP contribution in [-0.2, 0) is 6.18 Å². The molecular weight excluding hydrogens is 337 g/mol. The number of aliphatic hydroxyl groups is 1. The average Bonchev–Trinajstić information content (AvgIpc) is 2.96. The van der Waals surface area contributed by atoms with Crippen molar-refractivity contribution in [2.24, 2.45) is 0 Å². The summed E-state index contributed by atoms with van der Waals surface area (Å²) in [5.41, 5.74) is 4.77. The molecule has 2 aromatic rings. The van der Waals surface area contributed by atoms with E-state index in [4.69, 9.17) is 5.73 Å². The van der Waals surface area contributed by atoms with Crippen molar-refractivity contribution < 1.29 is 23.1 Å². The topological polar surface area (TPSA) is 92.3 Å². The number of nitrogens with two attached hydrogens (primary N) is 1. The zero-order chi connectivity index (χ0) is 18.2. The first-order chi connectivity index (χ1) is 11.8. The van der Waals surface area contributed by atoms with E-state index in [0.29, 0.717) is 0 Å². The Kier molecular flexibility index (Phi) is 4.34. The van der Waals surface area contributed by atoms with E-state index in [9.17, 15) is 23.1 Å². The van der Waals surface area contributed by atoms with Crippen molar-refractivity contribution in [2.45, 2.75) is 24.7 Å². The van der Waals surface area contributed by atoms with Gasteiger partial charge in [0.15, 0.2) is 0 Å². The molecule has 2 atom stereocenters. The van der Waals surface area contributed by atoms with Gasteiger partial charge in [0.1, 0.15) is 17.7 Å². The van der Waals surface area contributed by atoms with Crippen molar-refractivity contribution in [2.75, 3.05) is 12.3 Å². The highest BCUT2D eigenvalue weighted by Crippen LogP contribution is 2.41. The Hall–Kier alpha value is -2.68. The van der Waals surface area contributed by atoms with Crippen molar-refractivity contribution in [1.29, 1.82) is 0 Å². The molecule has 1 fully saturated rings. The summed E-state index contributed by atoms with van der Waals surface area (Å²) in [7, 11) is 0. The van der Waals surface area contributed by atoms with Gasteiger partial charge in [0.2, 0.25) is 0 Å². The van der Waals surface area contributed by atoms with Crippen LogP contribution in [0, 0.1) is 0 Å². The van der Waals surface area contributed by atoms with Crippen molar-refractivity contribution >= 4 is 11.7 Å². The average molecular weight is 352 g/mol. The van der Waals surface area contributed by atoms with E-state index in [1.165, 1.54) is 35.6 Å². The monoisotopic (exact) mass is 352 g/mol. The lowest BCUT2D eigenvalue weighted by atomic mass is 9.97. The zero-order valence-corrected chi connectivity index (χ0v) is 12.9. The van der Waals surface area contributed by atoms with Crippen LogP contribution >= 0.6 is 0 Å². The number of β-amino-alcohol motifs (C(OH)–C–C–N with tert-alkyl or cyclic N) is 1. The number of amides is 1. The van der Waals surface area contributed by atoms with Gasteiger partial charge in [0.25, 0.3) is 5.91 Å². The van der Waals surface area contributed by atoms with Crippen LogP contribution in [0.2, 0.25) is 0 Å². The predicted octanol–water partition coefficient (Wildman–Crippen LogP) is 2.03. The van der Waals surface area contributed by atoms with E-state index in [2.05, 4.69) is 9.97 Å². The summed E-state index contributed by atoms with van der Waals surface area (Å²) < 4.78 is 39.9. The largest absolute Gasteiger partial charge is 0.416 e. The van der Waals surface area contributed by atoms with Crippen molar-refractivity contribution in [3.63, 3.8) is 0 Å². The number of alkyl halides is 3. The summed E-state index contributed by atoms with van der Waals surface area (Å²) >= 11 is 0. The zero-order valence-electron chi connectivity index (χ0n) is 12.9. The summed E-state index contributed by atoms with van der Waals surface area (Å²) in [6, 6.07) is 4.12. The molecule has 3 rings (SSSR count). The highest BCUT2D eigenvalue weighted by atomic mass is 19.4. The fourth-order valence-corrected chi connectivity index (χ4v) is 3.04. The number of hydrogen-bond donors (Lipinski definition) is 2. The van der Waals surface area contributed by atoms with Crippen LogP contribution in [0.3, 0.4) is 0 Å². The molecule has 132 valence electrons. The van der Waals surface area contributed by atoms with Gasteiger partial charge in [-0.05, 0) is 18.1 Å². The molecule has 1 amide bonds. The summed E-state index contributed by atoms with van der Waals surface area (Å²) in [6.07, 6.45) is -3.11. The maximum atomic E-state index is 13.3. The Labute approximate surface area is 141 Å². The number of carbonyl (C=O) groups is 1. The van der Waals surface area contributed by atoms with E-state index in [1.54, 1.807) is 0 Å². The van der Waals surface area contributed by atoms with Crippen molar-refractivity contribution in [1.82, 2.24) is 14.9 Å². The molecule has 1 aliphatic heterocycles. The number of aliphatic hydroxyl groups excluding tert-OH is 1. The first kappa shape index (κ1) is 17.2. The molecule has 2 heterocycles. The summed E-state index contributed by atoms with van der Waals surface area (Å²) in [5.74, 6) is -0.680. The van der Waals surface area contributed by atoms with E-state index < -0.39 is 29.8 Å². The number of likely N-dealkylation sites (tertiary alicyclic amines) is 1. The lowest BCUT2D eigenvalue weighted by Crippen LogP contribution is -2.33. The third-order valence-electron chi connectivity index (χ3n) is 4.14. The number of aromatic nitrogens is 2. The Morgan fingerprint density at radius 3 is 2.72 bits per heavy atom. The minimum atomic E-state index is -4.56. The number of hydrogen-bond acceptors (Lipinski definition) is 5. The first-order valence-corrected chi connectivity index (χ1v) is 7.49.